The van der Waals surface area contributed by atoms with E-state index in [0.29, 0.717) is 0 Å². The largest absolute Gasteiger partial charge is 0.317 e. The van der Waals surface area contributed by atoms with Gasteiger partial charge in [0.1, 0.15) is 6.04 Å². The van der Waals surface area contributed by atoms with Crippen molar-refractivity contribution in [3.05, 3.63) is 30.6 Å². The topological polar surface area (TPSA) is 64.0 Å². The van der Waals surface area contributed by atoms with Crippen molar-refractivity contribution in [2.24, 2.45) is 0 Å². The van der Waals surface area contributed by atoms with Crippen molar-refractivity contribution in [2.45, 2.75) is 12.5 Å². The number of imidazole rings is 1. The zero-order chi connectivity index (χ0) is 11.1. The molecule has 0 aliphatic carbocycles. The number of amides is 2. The first-order chi connectivity index (χ1) is 7.75. The molecule has 2 amide bonds. The number of aromatic nitrogens is 2. The molecular formula is C11H9N3O2. The highest BCUT2D eigenvalue weighted by molar-refractivity contribution is 6.05. The Morgan fingerprint density at radius 2 is 2.12 bits per heavy atom. The van der Waals surface area contributed by atoms with Crippen LogP contribution in [0.3, 0.4) is 0 Å². The van der Waals surface area contributed by atoms with Crippen LogP contribution in [0, 0.1) is 0 Å². The molecule has 2 heterocycles. The predicted molar refractivity (Wildman–Crippen MR) is 56.5 cm³/mol. The fourth-order valence-corrected chi connectivity index (χ4v) is 1.99. The smallest absolute Gasteiger partial charge is 0.250 e. The van der Waals surface area contributed by atoms with Gasteiger partial charge in [-0.2, -0.15) is 0 Å². The maximum Gasteiger partial charge on any atom is 0.250 e. The summed E-state index contributed by atoms with van der Waals surface area (Å²) in [6.07, 6.45) is 1.80. The Hall–Kier alpha value is -2.17. The van der Waals surface area contributed by atoms with Crippen LogP contribution in [0.1, 0.15) is 12.5 Å². The molecule has 1 aliphatic rings. The van der Waals surface area contributed by atoms with Crippen LogP contribution >= 0.6 is 0 Å². The van der Waals surface area contributed by atoms with Gasteiger partial charge in [0.2, 0.25) is 11.8 Å². The van der Waals surface area contributed by atoms with Crippen molar-refractivity contribution in [1.82, 2.24) is 14.9 Å². The van der Waals surface area contributed by atoms with Gasteiger partial charge in [0, 0.05) is 0 Å². The minimum absolute atomic E-state index is 0.194. The van der Waals surface area contributed by atoms with Gasteiger partial charge >= 0.3 is 0 Å². The van der Waals surface area contributed by atoms with Crippen LogP contribution in [-0.4, -0.2) is 21.4 Å². The Labute approximate surface area is 91.1 Å². The molecule has 0 radical (unpaired) electrons. The summed E-state index contributed by atoms with van der Waals surface area (Å²) in [4.78, 5) is 26.9. The molecule has 1 N–H and O–H groups in total. The molecule has 0 bridgehead atoms. The minimum Gasteiger partial charge on any atom is -0.317 e. The van der Waals surface area contributed by atoms with Gasteiger partial charge < -0.3 is 4.57 Å². The van der Waals surface area contributed by atoms with Crippen molar-refractivity contribution >= 4 is 22.8 Å². The van der Waals surface area contributed by atoms with E-state index in [0.717, 1.165) is 11.0 Å². The first-order valence-corrected chi connectivity index (χ1v) is 5.01. The lowest BCUT2D eigenvalue weighted by Gasteiger charge is -2.08. The summed E-state index contributed by atoms with van der Waals surface area (Å²) in [6, 6.07) is 7.08. The molecule has 80 valence electrons. The molecule has 0 spiro atoms. The minimum atomic E-state index is -0.458. The van der Waals surface area contributed by atoms with Crippen LogP contribution in [-0.2, 0) is 9.59 Å². The molecule has 2 aromatic rings. The maximum absolute atomic E-state index is 11.5. The van der Waals surface area contributed by atoms with E-state index in [-0.39, 0.29) is 18.2 Å². The van der Waals surface area contributed by atoms with E-state index >= 15 is 0 Å². The number of imide groups is 1. The first-order valence-electron chi connectivity index (χ1n) is 5.01. The molecule has 1 aromatic carbocycles. The Kier molecular flexibility index (Phi) is 1.80. The number of fused-ring (bicyclic) bond motifs is 1. The SMILES string of the molecule is O=C1CC(n2cnc3ccccc32)C(=O)N1. The third kappa shape index (κ3) is 1.21. The van der Waals surface area contributed by atoms with Crippen molar-refractivity contribution < 1.29 is 9.59 Å². The van der Waals surface area contributed by atoms with Crippen molar-refractivity contribution in [1.29, 1.82) is 0 Å². The summed E-state index contributed by atoms with van der Waals surface area (Å²) in [5.74, 6) is -0.485. The van der Waals surface area contributed by atoms with Crippen LogP contribution in [0.4, 0.5) is 0 Å². The number of hydrogen-bond donors (Lipinski definition) is 1. The second kappa shape index (κ2) is 3.16. The third-order valence-electron chi connectivity index (χ3n) is 2.76. The molecule has 1 saturated heterocycles. The molecule has 1 atom stereocenters. The Balaban J connectivity index is 2.13. The van der Waals surface area contributed by atoms with Crippen molar-refractivity contribution in [3.8, 4) is 0 Å². The standard InChI is InChI=1S/C11H9N3O2/c15-10-5-9(11(16)13-10)14-6-12-7-3-1-2-4-8(7)14/h1-4,6,9H,5H2,(H,13,15,16). The van der Waals surface area contributed by atoms with Gasteiger partial charge in [-0.1, -0.05) is 12.1 Å². The van der Waals surface area contributed by atoms with E-state index in [1.807, 2.05) is 24.3 Å². The van der Waals surface area contributed by atoms with Crippen LogP contribution in [0.5, 0.6) is 0 Å². The Bertz CT molecular complexity index is 588. The van der Waals surface area contributed by atoms with Gasteiger partial charge in [0.05, 0.1) is 23.8 Å². The normalized spacial score (nSPS) is 20.4. The lowest BCUT2D eigenvalue weighted by molar-refractivity contribution is -0.125. The fourth-order valence-electron chi connectivity index (χ4n) is 1.99. The second-order valence-corrected chi connectivity index (χ2v) is 3.77. The first kappa shape index (κ1) is 9.08. The summed E-state index contributed by atoms with van der Waals surface area (Å²) in [5.41, 5.74) is 1.70. The molecule has 1 fully saturated rings. The van der Waals surface area contributed by atoms with Crippen LogP contribution < -0.4 is 5.32 Å². The quantitative estimate of drug-likeness (QED) is 0.709. The molecule has 3 rings (SSSR count). The van der Waals surface area contributed by atoms with Gasteiger partial charge in [-0.15, -0.1) is 0 Å². The van der Waals surface area contributed by atoms with E-state index in [4.69, 9.17) is 0 Å². The van der Waals surface area contributed by atoms with Gasteiger partial charge in [0.15, 0.2) is 0 Å². The van der Waals surface area contributed by atoms with E-state index in [1.54, 1.807) is 10.9 Å². The average molecular weight is 215 g/mol. The van der Waals surface area contributed by atoms with Crippen molar-refractivity contribution in [3.63, 3.8) is 0 Å². The van der Waals surface area contributed by atoms with E-state index in [1.165, 1.54) is 0 Å². The number of nitrogens with zero attached hydrogens (tertiary/aromatic N) is 2. The number of nitrogens with one attached hydrogen (secondary N) is 1. The summed E-state index contributed by atoms with van der Waals surface area (Å²) in [5, 5.41) is 2.29. The van der Waals surface area contributed by atoms with Gasteiger partial charge in [0.25, 0.3) is 0 Å². The molecule has 5 heteroatoms. The Morgan fingerprint density at radius 3 is 2.88 bits per heavy atom. The zero-order valence-electron chi connectivity index (χ0n) is 8.38. The number of hydrogen-bond acceptors (Lipinski definition) is 3. The fraction of sp³-hybridized carbons (Fsp3) is 0.182. The predicted octanol–water partition coefficient (Wildman–Crippen LogP) is 0.624. The average Bonchev–Trinajstić information content (AvgIpc) is 2.81. The lowest BCUT2D eigenvalue weighted by Crippen LogP contribution is -2.23. The number of rotatable bonds is 1. The van der Waals surface area contributed by atoms with Crippen LogP contribution in [0.2, 0.25) is 0 Å². The zero-order valence-corrected chi connectivity index (χ0v) is 8.38. The molecule has 1 aliphatic heterocycles. The van der Waals surface area contributed by atoms with E-state index < -0.39 is 6.04 Å². The molecule has 1 unspecified atom stereocenters. The molecule has 5 nitrogen and oxygen atoms in total. The van der Waals surface area contributed by atoms with Gasteiger partial charge in [-0.25, -0.2) is 4.98 Å². The highest BCUT2D eigenvalue weighted by Gasteiger charge is 2.32. The van der Waals surface area contributed by atoms with E-state index in [9.17, 15) is 9.59 Å². The second-order valence-electron chi connectivity index (χ2n) is 3.77. The van der Waals surface area contributed by atoms with Crippen molar-refractivity contribution in [2.75, 3.05) is 0 Å². The van der Waals surface area contributed by atoms with Crippen LogP contribution in [0.15, 0.2) is 30.6 Å². The van der Waals surface area contributed by atoms with E-state index in [2.05, 4.69) is 10.3 Å². The van der Waals surface area contributed by atoms with Gasteiger partial charge in [-0.05, 0) is 12.1 Å². The number of para-hydroxylation sites is 2. The highest BCUT2D eigenvalue weighted by atomic mass is 16.2. The summed E-state index contributed by atoms with van der Waals surface area (Å²) < 4.78 is 1.75. The Morgan fingerprint density at radius 1 is 1.31 bits per heavy atom. The maximum atomic E-state index is 11.5. The monoisotopic (exact) mass is 215 g/mol. The number of carbonyl (C=O) groups is 2. The van der Waals surface area contributed by atoms with Gasteiger partial charge in [-0.3, -0.25) is 14.9 Å². The summed E-state index contributed by atoms with van der Waals surface area (Å²) in [6.45, 7) is 0. The van der Waals surface area contributed by atoms with Crippen LogP contribution in [0.25, 0.3) is 11.0 Å². The number of carbonyl (C=O) groups excluding carboxylic acids is 2. The molecule has 0 saturated carbocycles. The third-order valence-corrected chi connectivity index (χ3v) is 2.76. The summed E-state index contributed by atoms with van der Waals surface area (Å²) in [7, 11) is 0. The summed E-state index contributed by atoms with van der Waals surface area (Å²) >= 11 is 0. The highest BCUT2D eigenvalue weighted by Crippen LogP contribution is 2.22. The molecule has 1 aromatic heterocycles. The number of benzene rings is 1. The molecule has 16 heavy (non-hydrogen) atoms. The lowest BCUT2D eigenvalue weighted by atomic mass is 10.2. The molecular weight excluding hydrogens is 206 g/mol.